The van der Waals surface area contributed by atoms with Crippen LogP contribution in [0.1, 0.15) is 37.0 Å². The topological polar surface area (TPSA) is 42.0 Å². The van der Waals surface area contributed by atoms with Gasteiger partial charge in [-0.1, -0.05) is 49.7 Å². The monoisotopic (exact) mass is 302 g/mol. The standard InChI is InChI=1S/C17H19ClN2O/c1-10-7-8-15(11(10)2)20-17(21)14-9-19-16(18)13-6-4-3-5-12(13)14/h3-6,9-11,15H,7-8H2,1-2H3,(H,20,21). The molecule has 0 saturated heterocycles. The van der Waals surface area contributed by atoms with Gasteiger partial charge in [0, 0.05) is 17.6 Å². The van der Waals surface area contributed by atoms with Gasteiger partial charge < -0.3 is 5.32 Å². The molecular weight excluding hydrogens is 284 g/mol. The second-order valence-corrected chi connectivity index (χ2v) is 6.36. The molecule has 0 bridgehead atoms. The molecule has 3 nitrogen and oxygen atoms in total. The molecule has 0 aliphatic heterocycles. The Labute approximate surface area is 129 Å². The zero-order valence-corrected chi connectivity index (χ0v) is 13.0. The van der Waals surface area contributed by atoms with Gasteiger partial charge in [-0.2, -0.15) is 0 Å². The van der Waals surface area contributed by atoms with Crippen LogP contribution in [0.15, 0.2) is 30.5 Å². The Morgan fingerprint density at radius 2 is 1.95 bits per heavy atom. The zero-order chi connectivity index (χ0) is 15.0. The van der Waals surface area contributed by atoms with Crippen molar-refractivity contribution in [3.05, 3.63) is 41.2 Å². The molecule has 1 aliphatic carbocycles. The van der Waals surface area contributed by atoms with Crippen LogP contribution in [0.25, 0.3) is 10.8 Å². The lowest BCUT2D eigenvalue weighted by Gasteiger charge is -2.20. The number of carbonyl (C=O) groups is 1. The molecule has 4 heteroatoms. The number of rotatable bonds is 2. The molecule has 110 valence electrons. The van der Waals surface area contributed by atoms with Crippen molar-refractivity contribution in [2.24, 2.45) is 11.8 Å². The highest BCUT2D eigenvalue weighted by atomic mass is 35.5. The number of nitrogens with zero attached hydrogens (tertiary/aromatic N) is 1. The van der Waals surface area contributed by atoms with Crippen molar-refractivity contribution in [2.45, 2.75) is 32.7 Å². The first-order chi connectivity index (χ1) is 10.1. The Kier molecular flexibility index (Phi) is 3.85. The van der Waals surface area contributed by atoms with E-state index < -0.39 is 0 Å². The number of nitrogens with one attached hydrogen (secondary N) is 1. The van der Waals surface area contributed by atoms with E-state index in [0.717, 1.165) is 17.2 Å². The van der Waals surface area contributed by atoms with Gasteiger partial charge in [0.1, 0.15) is 5.15 Å². The SMILES string of the molecule is CC1CCC(NC(=O)c2cnc(Cl)c3ccccc23)C1C. The highest BCUT2D eigenvalue weighted by Crippen LogP contribution is 2.31. The van der Waals surface area contributed by atoms with Crippen molar-refractivity contribution < 1.29 is 4.79 Å². The lowest BCUT2D eigenvalue weighted by molar-refractivity contribution is 0.0929. The number of hydrogen-bond acceptors (Lipinski definition) is 2. The Balaban J connectivity index is 1.90. The van der Waals surface area contributed by atoms with E-state index >= 15 is 0 Å². The minimum absolute atomic E-state index is 0.0543. The maximum Gasteiger partial charge on any atom is 0.253 e. The fraction of sp³-hybridized carbons (Fsp3) is 0.412. The zero-order valence-electron chi connectivity index (χ0n) is 12.3. The first-order valence-corrected chi connectivity index (χ1v) is 7.80. The lowest BCUT2D eigenvalue weighted by atomic mass is 9.97. The van der Waals surface area contributed by atoms with Crippen molar-refractivity contribution in [1.29, 1.82) is 0 Å². The third-order valence-electron chi connectivity index (χ3n) is 4.77. The molecule has 3 atom stereocenters. The molecule has 3 rings (SSSR count). The quantitative estimate of drug-likeness (QED) is 0.850. The second kappa shape index (κ2) is 5.64. The first kappa shape index (κ1) is 14.3. The summed E-state index contributed by atoms with van der Waals surface area (Å²) in [6.07, 6.45) is 3.79. The van der Waals surface area contributed by atoms with E-state index in [9.17, 15) is 4.79 Å². The van der Waals surface area contributed by atoms with Gasteiger partial charge >= 0.3 is 0 Å². The molecule has 1 amide bonds. The van der Waals surface area contributed by atoms with Crippen molar-refractivity contribution >= 4 is 28.3 Å². The van der Waals surface area contributed by atoms with E-state index in [1.807, 2.05) is 24.3 Å². The van der Waals surface area contributed by atoms with Crippen LogP contribution >= 0.6 is 11.6 Å². The maximum absolute atomic E-state index is 12.6. The predicted molar refractivity (Wildman–Crippen MR) is 85.6 cm³/mol. The number of pyridine rings is 1. The molecule has 1 aromatic carbocycles. The fourth-order valence-corrected chi connectivity index (χ4v) is 3.37. The van der Waals surface area contributed by atoms with E-state index in [2.05, 4.69) is 24.1 Å². The Hall–Kier alpha value is -1.61. The second-order valence-electron chi connectivity index (χ2n) is 6.00. The van der Waals surface area contributed by atoms with Gasteiger partial charge in [0.15, 0.2) is 0 Å². The molecule has 1 aliphatic rings. The third-order valence-corrected chi connectivity index (χ3v) is 5.07. The van der Waals surface area contributed by atoms with Crippen molar-refractivity contribution in [2.75, 3.05) is 0 Å². The highest BCUT2D eigenvalue weighted by Gasteiger charge is 2.31. The van der Waals surface area contributed by atoms with Crippen LogP contribution in [0.3, 0.4) is 0 Å². The molecule has 1 fully saturated rings. The Morgan fingerprint density at radius 1 is 1.24 bits per heavy atom. The van der Waals surface area contributed by atoms with E-state index in [1.165, 1.54) is 6.42 Å². The molecule has 1 saturated carbocycles. The third kappa shape index (κ3) is 2.62. The van der Waals surface area contributed by atoms with E-state index in [1.54, 1.807) is 6.20 Å². The van der Waals surface area contributed by atoms with Crippen LogP contribution in [0.2, 0.25) is 5.15 Å². The van der Waals surface area contributed by atoms with Crippen LogP contribution in [-0.2, 0) is 0 Å². The molecule has 3 unspecified atom stereocenters. The highest BCUT2D eigenvalue weighted by molar-refractivity contribution is 6.34. The van der Waals surface area contributed by atoms with Gasteiger partial charge in [0.2, 0.25) is 0 Å². The van der Waals surface area contributed by atoms with E-state index in [-0.39, 0.29) is 11.9 Å². The number of aromatic nitrogens is 1. The molecule has 1 aromatic heterocycles. The van der Waals surface area contributed by atoms with Gasteiger partial charge in [-0.25, -0.2) is 4.98 Å². The molecule has 21 heavy (non-hydrogen) atoms. The average Bonchev–Trinajstić information content (AvgIpc) is 2.80. The van der Waals surface area contributed by atoms with Gasteiger partial charge in [0.05, 0.1) is 5.56 Å². The van der Waals surface area contributed by atoms with Crippen molar-refractivity contribution in [3.8, 4) is 0 Å². The number of carbonyl (C=O) groups excluding carboxylic acids is 1. The van der Waals surface area contributed by atoms with Gasteiger partial charge in [-0.05, 0) is 30.1 Å². The van der Waals surface area contributed by atoms with Crippen molar-refractivity contribution in [1.82, 2.24) is 10.3 Å². The summed E-state index contributed by atoms with van der Waals surface area (Å²) < 4.78 is 0. The Morgan fingerprint density at radius 3 is 2.62 bits per heavy atom. The molecule has 1 N–H and O–H groups in total. The predicted octanol–water partition coefficient (Wildman–Crippen LogP) is 4.05. The summed E-state index contributed by atoms with van der Waals surface area (Å²) >= 11 is 6.10. The van der Waals surface area contributed by atoms with Crippen LogP contribution < -0.4 is 5.32 Å². The molecule has 2 aromatic rings. The molecule has 0 spiro atoms. The van der Waals surface area contributed by atoms with Crippen LogP contribution in [0.4, 0.5) is 0 Å². The summed E-state index contributed by atoms with van der Waals surface area (Å²) in [5.74, 6) is 1.12. The number of hydrogen-bond donors (Lipinski definition) is 1. The first-order valence-electron chi connectivity index (χ1n) is 7.42. The largest absolute Gasteiger partial charge is 0.349 e. The van der Waals surface area contributed by atoms with Crippen LogP contribution in [-0.4, -0.2) is 16.9 Å². The van der Waals surface area contributed by atoms with Crippen LogP contribution in [0, 0.1) is 11.8 Å². The normalized spacial score (nSPS) is 25.2. The summed E-state index contributed by atoms with van der Waals surface area (Å²) in [5, 5.41) is 5.27. The molecule has 0 radical (unpaired) electrons. The summed E-state index contributed by atoms with van der Waals surface area (Å²) in [7, 11) is 0. The smallest absolute Gasteiger partial charge is 0.253 e. The number of benzene rings is 1. The van der Waals surface area contributed by atoms with E-state index in [0.29, 0.717) is 22.6 Å². The van der Waals surface area contributed by atoms with Crippen molar-refractivity contribution in [3.63, 3.8) is 0 Å². The summed E-state index contributed by atoms with van der Waals surface area (Å²) in [6.45, 7) is 4.46. The van der Waals surface area contributed by atoms with Crippen LogP contribution in [0.5, 0.6) is 0 Å². The summed E-state index contributed by atoms with van der Waals surface area (Å²) in [6, 6.07) is 7.87. The molecule has 1 heterocycles. The number of fused-ring (bicyclic) bond motifs is 1. The Bertz CT molecular complexity index is 686. The number of halogens is 1. The average molecular weight is 303 g/mol. The van der Waals surface area contributed by atoms with Gasteiger partial charge in [-0.15, -0.1) is 0 Å². The summed E-state index contributed by atoms with van der Waals surface area (Å²) in [4.78, 5) is 16.7. The molecular formula is C17H19ClN2O. The minimum atomic E-state index is -0.0543. The van der Waals surface area contributed by atoms with Gasteiger partial charge in [0.25, 0.3) is 5.91 Å². The summed E-state index contributed by atoms with van der Waals surface area (Å²) in [5.41, 5.74) is 0.599. The van der Waals surface area contributed by atoms with Gasteiger partial charge in [-0.3, -0.25) is 4.79 Å². The number of amides is 1. The lowest BCUT2D eigenvalue weighted by Crippen LogP contribution is -2.37. The minimum Gasteiger partial charge on any atom is -0.349 e. The maximum atomic E-state index is 12.6. The fourth-order valence-electron chi connectivity index (χ4n) is 3.15. The van der Waals surface area contributed by atoms with E-state index in [4.69, 9.17) is 11.6 Å².